The number of fused-ring (bicyclic) bond motifs is 1. The highest BCUT2D eigenvalue weighted by Gasteiger charge is 2.38. The van der Waals surface area contributed by atoms with E-state index in [1.807, 2.05) is 24.3 Å². The molecule has 3 amide bonds. The molecular formula is C23H21N3O7S. The molecule has 2 aromatic carbocycles. The SMILES string of the molecule is COc1cc(OC)c([N+](=O)[O-])cc1/C=C1\SC(=O)N(CC(=O)N2CCc3ccccc3C2)C1=O. The van der Waals surface area contributed by atoms with Crippen molar-refractivity contribution in [3.05, 3.63) is 68.1 Å². The van der Waals surface area contributed by atoms with E-state index in [-0.39, 0.29) is 40.1 Å². The Kier molecular flexibility index (Phi) is 6.55. The number of hydrogen-bond donors (Lipinski definition) is 0. The molecule has 2 aliphatic rings. The Morgan fingerprint density at radius 1 is 1.15 bits per heavy atom. The molecule has 2 aliphatic heterocycles. The number of ether oxygens (including phenoxy) is 2. The maximum absolute atomic E-state index is 12.9. The lowest BCUT2D eigenvalue weighted by Crippen LogP contribution is -2.44. The van der Waals surface area contributed by atoms with Crippen LogP contribution in [-0.2, 0) is 22.6 Å². The summed E-state index contributed by atoms with van der Waals surface area (Å²) in [6.45, 7) is 0.562. The largest absolute Gasteiger partial charge is 0.496 e. The normalized spacial score (nSPS) is 16.6. The van der Waals surface area contributed by atoms with Crippen LogP contribution in [0.2, 0.25) is 0 Å². The number of hydrogen-bond acceptors (Lipinski definition) is 8. The molecule has 0 bridgehead atoms. The summed E-state index contributed by atoms with van der Waals surface area (Å²) in [4.78, 5) is 51.6. The van der Waals surface area contributed by atoms with Gasteiger partial charge < -0.3 is 14.4 Å². The first kappa shape index (κ1) is 23.3. The van der Waals surface area contributed by atoms with Gasteiger partial charge in [-0.25, -0.2) is 0 Å². The van der Waals surface area contributed by atoms with E-state index >= 15 is 0 Å². The maximum atomic E-state index is 12.9. The minimum atomic E-state index is -0.638. The van der Waals surface area contributed by atoms with Gasteiger partial charge in [-0.15, -0.1) is 0 Å². The number of nitro groups is 1. The van der Waals surface area contributed by atoms with Crippen molar-refractivity contribution in [3.8, 4) is 11.5 Å². The first-order valence-electron chi connectivity index (χ1n) is 10.3. The molecule has 4 rings (SSSR count). The number of methoxy groups -OCH3 is 2. The summed E-state index contributed by atoms with van der Waals surface area (Å²) in [6, 6.07) is 10.4. The lowest BCUT2D eigenvalue weighted by Gasteiger charge is -2.29. The molecule has 2 aromatic rings. The zero-order valence-corrected chi connectivity index (χ0v) is 19.3. The molecule has 34 heavy (non-hydrogen) atoms. The molecule has 0 radical (unpaired) electrons. The van der Waals surface area contributed by atoms with Crippen LogP contribution in [0.25, 0.3) is 6.08 Å². The minimum Gasteiger partial charge on any atom is -0.496 e. The first-order chi connectivity index (χ1) is 16.3. The molecule has 0 atom stereocenters. The molecule has 176 valence electrons. The molecule has 0 spiro atoms. The second-order valence-corrected chi connectivity index (χ2v) is 8.62. The van der Waals surface area contributed by atoms with E-state index in [9.17, 15) is 24.5 Å². The Morgan fingerprint density at radius 2 is 1.85 bits per heavy atom. The molecule has 0 aliphatic carbocycles. The van der Waals surface area contributed by atoms with Crippen LogP contribution in [0.4, 0.5) is 10.5 Å². The van der Waals surface area contributed by atoms with Crippen molar-refractivity contribution < 1.29 is 28.8 Å². The van der Waals surface area contributed by atoms with Gasteiger partial charge in [-0.05, 0) is 35.4 Å². The van der Waals surface area contributed by atoms with E-state index < -0.39 is 16.1 Å². The minimum absolute atomic E-state index is 0.000747. The maximum Gasteiger partial charge on any atom is 0.311 e. The van der Waals surface area contributed by atoms with Gasteiger partial charge in [0, 0.05) is 30.8 Å². The van der Waals surface area contributed by atoms with Crippen LogP contribution in [0.15, 0.2) is 41.3 Å². The standard InChI is InChI=1S/C23H21N3O7S/c1-32-18-11-19(33-2)17(26(30)31)9-16(18)10-20-22(28)25(23(29)34-20)13-21(27)24-8-7-14-5-3-4-6-15(14)12-24/h3-6,9-11H,7-8,12-13H2,1-2H3/b20-10-. The van der Waals surface area contributed by atoms with Gasteiger partial charge in [0.1, 0.15) is 12.3 Å². The molecular weight excluding hydrogens is 462 g/mol. The van der Waals surface area contributed by atoms with E-state index in [2.05, 4.69) is 0 Å². The van der Waals surface area contributed by atoms with Gasteiger partial charge in [-0.2, -0.15) is 0 Å². The topological polar surface area (TPSA) is 119 Å². The summed E-state index contributed by atoms with van der Waals surface area (Å²) in [5.41, 5.74) is 2.15. The van der Waals surface area contributed by atoms with Crippen LogP contribution in [-0.4, -0.2) is 59.1 Å². The van der Waals surface area contributed by atoms with Crippen molar-refractivity contribution in [3.63, 3.8) is 0 Å². The molecule has 11 heteroatoms. The molecule has 0 aromatic heterocycles. The van der Waals surface area contributed by atoms with Crippen LogP contribution in [0, 0.1) is 10.1 Å². The van der Waals surface area contributed by atoms with Crippen LogP contribution < -0.4 is 9.47 Å². The highest BCUT2D eigenvalue weighted by Crippen LogP contribution is 2.38. The lowest BCUT2D eigenvalue weighted by atomic mass is 10.00. The molecule has 2 heterocycles. The zero-order chi connectivity index (χ0) is 24.4. The van der Waals surface area contributed by atoms with Crippen LogP contribution in [0.5, 0.6) is 11.5 Å². The van der Waals surface area contributed by atoms with Crippen molar-refractivity contribution in [2.45, 2.75) is 13.0 Å². The Morgan fingerprint density at radius 3 is 2.53 bits per heavy atom. The number of nitro benzene ring substituents is 1. The van der Waals surface area contributed by atoms with E-state index in [4.69, 9.17) is 9.47 Å². The van der Waals surface area contributed by atoms with E-state index in [0.717, 1.165) is 10.5 Å². The Balaban J connectivity index is 1.54. The van der Waals surface area contributed by atoms with Gasteiger partial charge >= 0.3 is 5.69 Å². The monoisotopic (exact) mass is 483 g/mol. The van der Waals surface area contributed by atoms with Crippen molar-refractivity contribution in [2.75, 3.05) is 27.3 Å². The summed E-state index contributed by atoms with van der Waals surface area (Å²) < 4.78 is 10.3. The first-order valence-corrected chi connectivity index (χ1v) is 11.1. The Bertz CT molecular complexity index is 1230. The van der Waals surface area contributed by atoms with E-state index in [0.29, 0.717) is 31.3 Å². The molecule has 0 unspecified atom stereocenters. The summed E-state index contributed by atoms with van der Waals surface area (Å²) in [5, 5.41) is 10.8. The molecule has 1 fully saturated rings. The third-order valence-corrected chi connectivity index (χ3v) is 6.57. The van der Waals surface area contributed by atoms with E-state index in [1.165, 1.54) is 38.0 Å². The summed E-state index contributed by atoms with van der Waals surface area (Å²) in [7, 11) is 2.67. The third kappa shape index (κ3) is 4.46. The highest BCUT2D eigenvalue weighted by molar-refractivity contribution is 8.18. The number of thioether (sulfide) groups is 1. The average Bonchev–Trinajstić information content (AvgIpc) is 3.10. The lowest BCUT2D eigenvalue weighted by molar-refractivity contribution is -0.385. The third-order valence-electron chi connectivity index (χ3n) is 5.66. The Labute approximate surface area is 199 Å². The number of amides is 3. The highest BCUT2D eigenvalue weighted by atomic mass is 32.2. The molecule has 1 saturated heterocycles. The summed E-state index contributed by atoms with van der Waals surface area (Å²) in [5.74, 6) is -0.727. The van der Waals surface area contributed by atoms with Crippen molar-refractivity contribution in [2.24, 2.45) is 0 Å². The second-order valence-electron chi connectivity index (χ2n) is 7.62. The fourth-order valence-corrected chi connectivity index (χ4v) is 4.71. The molecule has 0 saturated carbocycles. The molecule has 10 nitrogen and oxygen atoms in total. The van der Waals surface area contributed by atoms with Crippen LogP contribution in [0.1, 0.15) is 16.7 Å². The summed E-state index contributed by atoms with van der Waals surface area (Å²) >= 11 is 0.668. The fraction of sp³-hybridized carbons (Fsp3) is 0.261. The van der Waals surface area contributed by atoms with Crippen molar-refractivity contribution in [1.29, 1.82) is 0 Å². The van der Waals surface area contributed by atoms with Gasteiger partial charge in [-0.1, -0.05) is 24.3 Å². The summed E-state index contributed by atoms with van der Waals surface area (Å²) in [6.07, 6.45) is 2.05. The van der Waals surface area contributed by atoms with Gasteiger partial charge in [0.05, 0.1) is 24.0 Å². The Hall–Kier alpha value is -3.86. The number of nitrogens with zero attached hydrogens (tertiary/aromatic N) is 3. The smallest absolute Gasteiger partial charge is 0.311 e. The van der Waals surface area contributed by atoms with Crippen LogP contribution >= 0.6 is 11.8 Å². The van der Waals surface area contributed by atoms with Gasteiger partial charge in [0.15, 0.2) is 0 Å². The number of carbonyl (C=O) groups excluding carboxylic acids is 3. The van der Waals surface area contributed by atoms with Crippen molar-refractivity contribution >= 4 is 40.6 Å². The van der Waals surface area contributed by atoms with Gasteiger partial charge in [0.2, 0.25) is 11.7 Å². The van der Waals surface area contributed by atoms with Gasteiger partial charge in [-0.3, -0.25) is 29.4 Å². The van der Waals surface area contributed by atoms with Crippen LogP contribution in [0.3, 0.4) is 0 Å². The second kappa shape index (κ2) is 9.56. The predicted octanol–water partition coefficient (Wildman–Crippen LogP) is 3.23. The quantitative estimate of drug-likeness (QED) is 0.349. The zero-order valence-electron chi connectivity index (χ0n) is 18.5. The number of carbonyl (C=O) groups is 3. The molecule has 0 N–H and O–H groups in total. The fourth-order valence-electron chi connectivity index (χ4n) is 3.88. The predicted molar refractivity (Wildman–Crippen MR) is 124 cm³/mol. The number of imide groups is 1. The van der Waals surface area contributed by atoms with Gasteiger partial charge in [0.25, 0.3) is 11.1 Å². The number of benzene rings is 2. The number of rotatable bonds is 6. The van der Waals surface area contributed by atoms with E-state index in [1.54, 1.807) is 4.90 Å². The van der Waals surface area contributed by atoms with Crippen molar-refractivity contribution in [1.82, 2.24) is 9.80 Å². The average molecular weight is 484 g/mol.